The number of imidazole rings is 1. The Morgan fingerprint density at radius 2 is 2.16 bits per heavy atom. The van der Waals surface area contributed by atoms with E-state index in [1.54, 1.807) is 27.2 Å². The molecule has 0 spiro atoms. The monoisotopic (exact) mass is 293 g/mol. The van der Waals surface area contributed by atoms with Gasteiger partial charge in [-0.05, 0) is 11.4 Å². The number of hydrogen-bond donors (Lipinski definition) is 1. The first-order valence-corrected chi connectivity index (χ1v) is 7.74. The third-order valence-corrected chi connectivity index (χ3v) is 4.84. The number of aliphatic hydroxyl groups excluding tert-OH is 1. The minimum Gasteiger partial charge on any atom is -0.390 e. The molecular formula is C13H15N3OS2. The van der Waals surface area contributed by atoms with Crippen molar-refractivity contribution in [2.75, 3.05) is 0 Å². The molecule has 0 aliphatic carbocycles. The molecule has 3 aromatic rings. The first-order valence-electron chi connectivity index (χ1n) is 6.04. The van der Waals surface area contributed by atoms with Crippen LogP contribution in [0.3, 0.4) is 0 Å². The van der Waals surface area contributed by atoms with E-state index in [2.05, 4.69) is 30.9 Å². The van der Waals surface area contributed by atoms with Crippen molar-refractivity contribution in [1.29, 1.82) is 0 Å². The highest BCUT2D eigenvalue weighted by atomic mass is 32.1. The van der Waals surface area contributed by atoms with E-state index in [0.29, 0.717) is 0 Å². The van der Waals surface area contributed by atoms with Crippen LogP contribution in [-0.2, 0) is 12.0 Å². The van der Waals surface area contributed by atoms with Crippen LogP contribution in [0.15, 0.2) is 17.5 Å². The summed E-state index contributed by atoms with van der Waals surface area (Å²) >= 11 is 3.22. The van der Waals surface area contributed by atoms with Gasteiger partial charge in [-0.25, -0.2) is 9.50 Å². The minimum absolute atomic E-state index is 0.0403. The van der Waals surface area contributed by atoms with E-state index in [1.807, 2.05) is 17.5 Å². The van der Waals surface area contributed by atoms with Crippen LogP contribution in [0.2, 0.25) is 0 Å². The number of thiophene rings is 1. The van der Waals surface area contributed by atoms with Gasteiger partial charge in [0.15, 0.2) is 5.01 Å². The lowest BCUT2D eigenvalue weighted by Gasteiger charge is -2.16. The van der Waals surface area contributed by atoms with Gasteiger partial charge in [0, 0.05) is 5.41 Å². The van der Waals surface area contributed by atoms with Gasteiger partial charge < -0.3 is 5.11 Å². The Balaban J connectivity index is 2.19. The van der Waals surface area contributed by atoms with Crippen LogP contribution in [0, 0.1) is 0 Å². The second kappa shape index (κ2) is 4.40. The Kier molecular flexibility index (Phi) is 2.96. The van der Waals surface area contributed by atoms with Crippen molar-refractivity contribution in [2.24, 2.45) is 0 Å². The van der Waals surface area contributed by atoms with Crippen molar-refractivity contribution in [3.63, 3.8) is 0 Å². The van der Waals surface area contributed by atoms with Crippen LogP contribution >= 0.6 is 22.7 Å². The van der Waals surface area contributed by atoms with Crippen LogP contribution in [-0.4, -0.2) is 19.7 Å². The molecule has 3 heterocycles. The highest BCUT2D eigenvalue weighted by molar-refractivity contribution is 7.23. The summed E-state index contributed by atoms with van der Waals surface area (Å²) in [6.45, 7) is 6.25. The van der Waals surface area contributed by atoms with Crippen LogP contribution in [0.5, 0.6) is 0 Å². The molecular weight excluding hydrogens is 278 g/mol. The smallest absolute Gasteiger partial charge is 0.213 e. The molecule has 0 radical (unpaired) electrons. The molecule has 4 nitrogen and oxygen atoms in total. The zero-order valence-corrected chi connectivity index (χ0v) is 12.7. The van der Waals surface area contributed by atoms with Gasteiger partial charge in [0.2, 0.25) is 4.96 Å². The third-order valence-electron chi connectivity index (χ3n) is 2.89. The maximum atomic E-state index is 9.61. The van der Waals surface area contributed by atoms with Crippen molar-refractivity contribution in [3.8, 4) is 9.88 Å². The molecule has 0 atom stereocenters. The van der Waals surface area contributed by atoms with Crippen molar-refractivity contribution >= 4 is 27.6 Å². The van der Waals surface area contributed by atoms with Crippen LogP contribution in [0.25, 0.3) is 14.8 Å². The summed E-state index contributed by atoms with van der Waals surface area (Å²) in [7, 11) is 0. The molecule has 1 N–H and O–H groups in total. The first kappa shape index (κ1) is 12.8. The van der Waals surface area contributed by atoms with Gasteiger partial charge in [0.25, 0.3) is 0 Å². The molecule has 100 valence electrons. The second-order valence-electron chi connectivity index (χ2n) is 5.39. The molecule has 0 saturated carbocycles. The number of nitrogens with zero attached hydrogens (tertiary/aromatic N) is 3. The van der Waals surface area contributed by atoms with E-state index in [-0.39, 0.29) is 12.0 Å². The zero-order chi connectivity index (χ0) is 13.6. The van der Waals surface area contributed by atoms with Gasteiger partial charge in [0.05, 0.1) is 22.9 Å². The highest BCUT2D eigenvalue weighted by Crippen LogP contribution is 2.33. The Morgan fingerprint density at radius 3 is 2.74 bits per heavy atom. The summed E-state index contributed by atoms with van der Waals surface area (Å²) in [6, 6.07) is 4.06. The number of aliphatic hydroxyl groups is 1. The van der Waals surface area contributed by atoms with Gasteiger partial charge in [-0.1, -0.05) is 38.2 Å². The van der Waals surface area contributed by atoms with Crippen molar-refractivity contribution < 1.29 is 5.11 Å². The molecule has 0 amide bonds. The topological polar surface area (TPSA) is 50.4 Å². The SMILES string of the molecule is CC(C)(C)c1nc2sc(-c3cccs3)nn2c1CO. The minimum atomic E-state index is -0.0887. The quantitative estimate of drug-likeness (QED) is 0.788. The molecule has 0 saturated heterocycles. The van der Waals surface area contributed by atoms with Gasteiger partial charge in [0.1, 0.15) is 0 Å². The van der Waals surface area contributed by atoms with Crippen molar-refractivity contribution in [1.82, 2.24) is 14.6 Å². The Morgan fingerprint density at radius 1 is 1.37 bits per heavy atom. The normalized spacial score (nSPS) is 12.4. The summed E-state index contributed by atoms with van der Waals surface area (Å²) in [6.07, 6.45) is 0. The molecule has 6 heteroatoms. The van der Waals surface area contributed by atoms with Gasteiger partial charge in [-0.15, -0.1) is 11.3 Å². The van der Waals surface area contributed by atoms with E-state index in [0.717, 1.165) is 26.2 Å². The number of hydrogen-bond acceptors (Lipinski definition) is 5. The molecule has 3 rings (SSSR count). The zero-order valence-electron chi connectivity index (χ0n) is 11.0. The molecule has 19 heavy (non-hydrogen) atoms. The molecule has 0 aromatic carbocycles. The lowest BCUT2D eigenvalue weighted by Crippen LogP contribution is -2.15. The molecule has 0 aliphatic rings. The Bertz CT molecular complexity index is 704. The van der Waals surface area contributed by atoms with Gasteiger partial charge >= 0.3 is 0 Å². The lowest BCUT2D eigenvalue weighted by atomic mass is 9.91. The fourth-order valence-electron chi connectivity index (χ4n) is 2.03. The molecule has 0 fully saturated rings. The standard InChI is InChI=1S/C13H15N3OS2/c1-13(2,3)10-8(7-17)16-12(14-10)19-11(15-16)9-5-4-6-18-9/h4-6,17H,7H2,1-3H3. The van der Waals surface area contributed by atoms with E-state index < -0.39 is 0 Å². The first-order chi connectivity index (χ1) is 9.00. The van der Waals surface area contributed by atoms with E-state index >= 15 is 0 Å². The predicted octanol–water partition coefficient (Wildman–Crippen LogP) is 3.31. The van der Waals surface area contributed by atoms with Crippen LogP contribution in [0.4, 0.5) is 0 Å². The molecule has 0 bridgehead atoms. The third kappa shape index (κ3) is 2.09. The summed E-state index contributed by atoms with van der Waals surface area (Å²) in [5.74, 6) is 0. The maximum absolute atomic E-state index is 9.61. The summed E-state index contributed by atoms with van der Waals surface area (Å²) in [5, 5.41) is 17.2. The predicted molar refractivity (Wildman–Crippen MR) is 78.8 cm³/mol. The molecule has 0 unspecified atom stereocenters. The summed E-state index contributed by atoms with van der Waals surface area (Å²) < 4.78 is 1.78. The average Bonchev–Trinajstić information content (AvgIpc) is 3.01. The Hall–Kier alpha value is -1.24. The van der Waals surface area contributed by atoms with Gasteiger partial charge in [-0.3, -0.25) is 0 Å². The largest absolute Gasteiger partial charge is 0.390 e. The lowest BCUT2D eigenvalue weighted by molar-refractivity contribution is 0.270. The summed E-state index contributed by atoms with van der Waals surface area (Å²) in [4.78, 5) is 6.63. The number of rotatable bonds is 2. The van der Waals surface area contributed by atoms with E-state index in [9.17, 15) is 5.11 Å². The molecule has 0 aliphatic heterocycles. The fourth-order valence-corrected chi connectivity index (χ4v) is 3.74. The van der Waals surface area contributed by atoms with E-state index in [1.165, 1.54) is 0 Å². The maximum Gasteiger partial charge on any atom is 0.213 e. The average molecular weight is 293 g/mol. The van der Waals surface area contributed by atoms with Crippen LogP contribution < -0.4 is 0 Å². The Labute approximate surface area is 119 Å². The van der Waals surface area contributed by atoms with Crippen molar-refractivity contribution in [2.45, 2.75) is 32.8 Å². The number of fused-ring (bicyclic) bond motifs is 1. The fraction of sp³-hybridized carbons (Fsp3) is 0.385. The summed E-state index contributed by atoms with van der Waals surface area (Å²) in [5.41, 5.74) is 1.63. The van der Waals surface area contributed by atoms with E-state index in [4.69, 9.17) is 0 Å². The number of aromatic nitrogens is 3. The molecule has 3 aromatic heterocycles. The van der Waals surface area contributed by atoms with Gasteiger partial charge in [-0.2, -0.15) is 5.10 Å². The second-order valence-corrected chi connectivity index (χ2v) is 7.30. The van der Waals surface area contributed by atoms with Crippen molar-refractivity contribution in [3.05, 3.63) is 28.9 Å². The highest BCUT2D eigenvalue weighted by Gasteiger charge is 2.25. The van der Waals surface area contributed by atoms with Crippen LogP contribution in [0.1, 0.15) is 32.2 Å².